The van der Waals surface area contributed by atoms with E-state index in [-0.39, 0.29) is 10.9 Å². The van der Waals surface area contributed by atoms with Gasteiger partial charge >= 0.3 is 0 Å². The molecule has 0 N–H and O–H groups in total. The van der Waals surface area contributed by atoms with Gasteiger partial charge in [0.1, 0.15) is 5.52 Å². The van der Waals surface area contributed by atoms with Crippen molar-refractivity contribution >= 4 is 26.8 Å². The molecular weight excluding hydrogens is 300 g/mol. The average Bonchev–Trinajstić information content (AvgIpc) is 3.08. The highest BCUT2D eigenvalue weighted by molar-refractivity contribution is 7.92. The number of hydrogen-bond donors (Lipinski definition) is 0. The third-order valence-electron chi connectivity index (χ3n) is 4.00. The summed E-state index contributed by atoms with van der Waals surface area (Å²) in [5.41, 5.74) is 2.93. The third-order valence-corrected chi connectivity index (χ3v) is 5.93. The molecule has 1 atom stereocenters. The highest BCUT2D eigenvalue weighted by Crippen LogP contribution is 2.36. The maximum absolute atomic E-state index is 13.0. The summed E-state index contributed by atoms with van der Waals surface area (Å²) >= 11 is 0. The minimum Gasteiger partial charge on any atom is -0.443 e. The Hall–Kier alpha value is -2.34. The minimum absolute atomic E-state index is 0.104. The lowest BCUT2D eigenvalue weighted by atomic mass is 10.1. The monoisotopic (exact) mass is 314 g/mol. The van der Waals surface area contributed by atoms with Gasteiger partial charge in [0.15, 0.2) is 12.0 Å². The van der Waals surface area contributed by atoms with Crippen LogP contribution in [0.25, 0.3) is 11.1 Å². The van der Waals surface area contributed by atoms with Crippen LogP contribution >= 0.6 is 0 Å². The molecule has 1 aliphatic heterocycles. The first kappa shape index (κ1) is 13.3. The van der Waals surface area contributed by atoms with Gasteiger partial charge < -0.3 is 4.42 Å². The van der Waals surface area contributed by atoms with Crippen LogP contribution in [0, 0.1) is 0 Å². The van der Waals surface area contributed by atoms with Gasteiger partial charge in [-0.1, -0.05) is 18.2 Å². The van der Waals surface area contributed by atoms with Crippen LogP contribution in [0.3, 0.4) is 0 Å². The van der Waals surface area contributed by atoms with Crippen LogP contribution in [0.15, 0.2) is 58.2 Å². The molecule has 0 radical (unpaired) electrons. The molecule has 0 bridgehead atoms. The molecule has 6 heteroatoms. The SMILES string of the molecule is CC1Cc2ccccc2N1S(=O)(=O)c1ccc2ncoc2c1. The van der Waals surface area contributed by atoms with Crippen molar-refractivity contribution in [3.05, 3.63) is 54.4 Å². The predicted molar refractivity (Wildman–Crippen MR) is 83.3 cm³/mol. The molecular formula is C16H14N2O3S. The number of benzene rings is 2. The van der Waals surface area contributed by atoms with E-state index in [1.807, 2.05) is 31.2 Å². The van der Waals surface area contributed by atoms with Gasteiger partial charge in [-0.15, -0.1) is 0 Å². The summed E-state index contributed by atoms with van der Waals surface area (Å²) in [6, 6.07) is 12.3. The van der Waals surface area contributed by atoms with E-state index in [9.17, 15) is 8.42 Å². The van der Waals surface area contributed by atoms with Gasteiger partial charge in [-0.05, 0) is 37.1 Å². The van der Waals surface area contributed by atoms with Gasteiger partial charge in [-0.3, -0.25) is 4.31 Å². The fraction of sp³-hybridized carbons (Fsp3) is 0.188. The molecule has 0 saturated carbocycles. The van der Waals surface area contributed by atoms with Crippen LogP contribution < -0.4 is 4.31 Å². The van der Waals surface area contributed by atoms with Crippen molar-refractivity contribution in [3.63, 3.8) is 0 Å². The lowest BCUT2D eigenvalue weighted by molar-refractivity contribution is 0.582. The molecule has 2 aromatic carbocycles. The number of anilines is 1. The molecule has 0 spiro atoms. The molecule has 112 valence electrons. The largest absolute Gasteiger partial charge is 0.443 e. The van der Waals surface area contributed by atoms with E-state index in [0.717, 1.165) is 17.7 Å². The molecule has 0 fully saturated rings. The fourth-order valence-corrected chi connectivity index (χ4v) is 4.72. The van der Waals surface area contributed by atoms with Gasteiger partial charge in [0.25, 0.3) is 10.0 Å². The summed E-state index contributed by atoms with van der Waals surface area (Å²) in [6.07, 6.45) is 2.04. The lowest BCUT2D eigenvalue weighted by Crippen LogP contribution is -2.35. The zero-order valence-corrected chi connectivity index (χ0v) is 12.7. The van der Waals surface area contributed by atoms with Gasteiger partial charge in [0.05, 0.1) is 10.6 Å². The van der Waals surface area contributed by atoms with Crippen molar-refractivity contribution in [1.82, 2.24) is 4.98 Å². The van der Waals surface area contributed by atoms with E-state index in [2.05, 4.69) is 4.98 Å². The number of aromatic nitrogens is 1. The molecule has 0 aliphatic carbocycles. The van der Waals surface area contributed by atoms with Crippen molar-refractivity contribution in [3.8, 4) is 0 Å². The molecule has 0 saturated heterocycles. The number of fused-ring (bicyclic) bond motifs is 2. The van der Waals surface area contributed by atoms with Crippen LogP contribution in [-0.4, -0.2) is 19.4 Å². The number of para-hydroxylation sites is 1. The van der Waals surface area contributed by atoms with E-state index in [0.29, 0.717) is 11.1 Å². The number of nitrogens with zero attached hydrogens (tertiary/aromatic N) is 2. The van der Waals surface area contributed by atoms with Gasteiger partial charge in [0, 0.05) is 12.1 Å². The molecule has 22 heavy (non-hydrogen) atoms. The van der Waals surface area contributed by atoms with Crippen LogP contribution in [0.1, 0.15) is 12.5 Å². The number of hydrogen-bond acceptors (Lipinski definition) is 4. The Bertz CT molecular complexity index is 962. The maximum Gasteiger partial charge on any atom is 0.264 e. The van der Waals surface area contributed by atoms with Crippen molar-refractivity contribution in [2.24, 2.45) is 0 Å². The Morgan fingerprint density at radius 2 is 2.05 bits per heavy atom. The summed E-state index contributed by atoms with van der Waals surface area (Å²) < 4.78 is 32.8. The van der Waals surface area contributed by atoms with Crippen molar-refractivity contribution < 1.29 is 12.8 Å². The first-order valence-corrected chi connectivity index (χ1v) is 8.47. The van der Waals surface area contributed by atoms with Crippen LogP contribution in [0.2, 0.25) is 0 Å². The van der Waals surface area contributed by atoms with Gasteiger partial charge in [-0.25, -0.2) is 13.4 Å². The van der Waals surface area contributed by atoms with Crippen molar-refractivity contribution in [2.75, 3.05) is 4.31 Å². The van der Waals surface area contributed by atoms with Gasteiger partial charge in [-0.2, -0.15) is 0 Å². The third kappa shape index (κ3) is 1.84. The highest BCUT2D eigenvalue weighted by atomic mass is 32.2. The van der Waals surface area contributed by atoms with Crippen LogP contribution in [0.5, 0.6) is 0 Å². The molecule has 2 heterocycles. The van der Waals surface area contributed by atoms with Crippen LogP contribution in [-0.2, 0) is 16.4 Å². The smallest absolute Gasteiger partial charge is 0.264 e. The van der Waals surface area contributed by atoms with E-state index >= 15 is 0 Å². The van der Waals surface area contributed by atoms with Crippen molar-refractivity contribution in [2.45, 2.75) is 24.3 Å². The zero-order chi connectivity index (χ0) is 15.3. The maximum atomic E-state index is 13.0. The first-order valence-electron chi connectivity index (χ1n) is 7.03. The summed E-state index contributed by atoms with van der Waals surface area (Å²) in [5, 5.41) is 0. The summed E-state index contributed by atoms with van der Waals surface area (Å²) in [5.74, 6) is 0. The Labute approximate surface area is 128 Å². The van der Waals surface area contributed by atoms with Gasteiger partial charge in [0.2, 0.25) is 0 Å². The topological polar surface area (TPSA) is 63.4 Å². The average molecular weight is 314 g/mol. The second-order valence-corrected chi connectivity index (χ2v) is 7.28. The molecule has 0 amide bonds. The van der Waals surface area contributed by atoms with E-state index in [1.165, 1.54) is 16.8 Å². The predicted octanol–water partition coefficient (Wildman–Crippen LogP) is 2.97. The Morgan fingerprint density at radius 3 is 2.91 bits per heavy atom. The lowest BCUT2D eigenvalue weighted by Gasteiger charge is -2.24. The summed E-state index contributed by atoms with van der Waals surface area (Å²) in [6.45, 7) is 1.92. The summed E-state index contributed by atoms with van der Waals surface area (Å²) in [7, 11) is -3.63. The molecule has 1 aliphatic rings. The molecule has 1 aromatic heterocycles. The number of rotatable bonds is 2. The quantitative estimate of drug-likeness (QED) is 0.729. The normalized spacial score (nSPS) is 17.9. The molecule has 3 aromatic rings. The number of oxazole rings is 1. The van der Waals surface area contributed by atoms with E-state index in [4.69, 9.17) is 4.42 Å². The van der Waals surface area contributed by atoms with Crippen molar-refractivity contribution in [1.29, 1.82) is 0 Å². The second kappa shape index (κ2) is 4.58. The Balaban J connectivity index is 1.86. The molecule has 4 rings (SSSR count). The Kier molecular flexibility index (Phi) is 2.77. The second-order valence-electron chi connectivity index (χ2n) is 5.46. The van der Waals surface area contributed by atoms with E-state index < -0.39 is 10.0 Å². The molecule has 5 nitrogen and oxygen atoms in total. The first-order chi connectivity index (χ1) is 10.6. The standard InChI is InChI=1S/C16H14N2O3S/c1-11-8-12-4-2-3-5-15(12)18(11)22(19,20)13-6-7-14-16(9-13)21-10-17-14/h2-7,9-11H,8H2,1H3. The van der Waals surface area contributed by atoms with Crippen LogP contribution in [0.4, 0.5) is 5.69 Å². The zero-order valence-electron chi connectivity index (χ0n) is 11.9. The number of sulfonamides is 1. The van der Waals surface area contributed by atoms with E-state index in [1.54, 1.807) is 12.1 Å². The summed E-state index contributed by atoms with van der Waals surface area (Å²) in [4.78, 5) is 4.24. The molecule has 1 unspecified atom stereocenters. The minimum atomic E-state index is -3.63. The Morgan fingerprint density at radius 1 is 1.23 bits per heavy atom. The highest BCUT2D eigenvalue weighted by Gasteiger charge is 2.35. The fourth-order valence-electron chi connectivity index (χ4n) is 3.01.